The summed E-state index contributed by atoms with van der Waals surface area (Å²) in [5.41, 5.74) is 2.98. The van der Waals surface area contributed by atoms with E-state index in [4.69, 9.17) is 4.74 Å². The Balaban J connectivity index is 1.49. The van der Waals surface area contributed by atoms with Crippen LogP contribution in [0.2, 0.25) is 0 Å². The van der Waals surface area contributed by atoms with Gasteiger partial charge in [-0.2, -0.15) is 0 Å². The Morgan fingerprint density at radius 2 is 1.73 bits per heavy atom. The summed E-state index contributed by atoms with van der Waals surface area (Å²) < 4.78 is 20.0. The first kappa shape index (κ1) is 27.5. The van der Waals surface area contributed by atoms with Crippen molar-refractivity contribution in [2.75, 3.05) is 11.5 Å². The number of aromatic nitrogens is 2. The van der Waals surface area contributed by atoms with Crippen LogP contribution in [-0.4, -0.2) is 33.6 Å². The van der Waals surface area contributed by atoms with E-state index < -0.39 is 23.5 Å². The molecular weight excluding hydrogens is 549 g/mol. The minimum absolute atomic E-state index is 0.108. The quantitative estimate of drug-likeness (QED) is 0.0781. The van der Waals surface area contributed by atoms with E-state index in [2.05, 4.69) is 10.2 Å². The molecule has 0 bridgehead atoms. The molecule has 1 amide bonds. The summed E-state index contributed by atoms with van der Waals surface area (Å²) in [5, 5.41) is 19.9. The molecule has 1 N–H and O–H groups in total. The number of amides is 1. The number of aliphatic hydroxyl groups is 1. The maximum atomic E-state index is 13.8. The Labute approximate surface area is 239 Å². The van der Waals surface area contributed by atoms with Crippen molar-refractivity contribution in [2.45, 2.75) is 36.4 Å². The molecule has 3 aromatic carbocycles. The molecule has 5 rings (SSSR count). The fraction of sp³-hybridized carbons (Fsp3) is 0.200. The van der Waals surface area contributed by atoms with Crippen LogP contribution < -0.4 is 9.64 Å². The van der Waals surface area contributed by atoms with Gasteiger partial charge in [-0.25, -0.2) is 4.39 Å². The fourth-order valence-corrected chi connectivity index (χ4v) is 6.09. The number of ketones is 1. The lowest BCUT2D eigenvalue weighted by Gasteiger charge is -2.22. The van der Waals surface area contributed by atoms with Gasteiger partial charge in [0.05, 0.1) is 18.2 Å². The van der Waals surface area contributed by atoms with E-state index in [1.54, 1.807) is 24.3 Å². The number of benzene rings is 3. The van der Waals surface area contributed by atoms with Crippen molar-refractivity contribution >= 4 is 45.7 Å². The lowest BCUT2D eigenvalue weighted by atomic mass is 9.95. The Morgan fingerprint density at radius 3 is 2.40 bits per heavy atom. The highest BCUT2D eigenvalue weighted by molar-refractivity contribution is 8.00. The molecule has 1 aliphatic heterocycles. The summed E-state index contributed by atoms with van der Waals surface area (Å²) in [6, 6.07) is 19.2. The minimum Gasteiger partial charge on any atom is -0.507 e. The topological polar surface area (TPSA) is 92.6 Å². The molecule has 1 saturated heterocycles. The Bertz CT molecular complexity index is 1550. The number of carbonyl (C=O) groups is 2. The number of aliphatic hydroxyl groups excluding tert-OH is 1. The molecule has 7 nitrogen and oxygen atoms in total. The van der Waals surface area contributed by atoms with Crippen LogP contribution in [0.15, 0.2) is 82.7 Å². The summed E-state index contributed by atoms with van der Waals surface area (Å²) in [6.45, 7) is 4.57. The summed E-state index contributed by atoms with van der Waals surface area (Å²) in [4.78, 5) is 27.9. The average Bonchev–Trinajstić information content (AvgIpc) is 3.54. The monoisotopic (exact) mass is 575 g/mol. The third-order valence-electron chi connectivity index (χ3n) is 6.32. The number of nitrogens with zero attached hydrogens (tertiary/aromatic N) is 3. The van der Waals surface area contributed by atoms with Crippen molar-refractivity contribution in [3.8, 4) is 5.75 Å². The number of ether oxygens (including phenoxy) is 1. The number of halogens is 1. The summed E-state index contributed by atoms with van der Waals surface area (Å²) in [5.74, 6) is -1.22. The van der Waals surface area contributed by atoms with Gasteiger partial charge in [-0.05, 0) is 60.9 Å². The maximum Gasteiger partial charge on any atom is 0.301 e. The summed E-state index contributed by atoms with van der Waals surface area (Å²) in [6.07, 6.45) is 0.848. The smallest absolute Gasteiger partial charge is 0.301 e. The molecule has 40 heavy (non-hydrogen) atoms. The van der Waals surface area contributed by atoms with Crippen LogP contribution in [0.25, 0.3) is 5.76 Å². The van der Waals surface area contributed by atoms with E-state index in [0.29, 0.717) is 33.6 Å². The van der Waals surface area contributed by atoms with Crippen molar-refractivity contribution in [1.29, 1.82) is 0 Å². The van der Waals surface area contributed by atoms with Crippen LogP contribution in [0.4, 0.5) is 9.52 Å². The number of hydrogen-bond acceptors (Lipinski definition) is 8. The summed E-state index contributed by atoms with van der Waals surface area (Å²) >= 11 is 2.65. The van der Waals surface area contributed by atoms with Gasteiger partial charge in [-0.3, -0.25) is 14.5 Å². The molecule has 1 aromatic heterocycles. The van der Waals surface area contributed by atoms with Crippen LogP contribution in [0.1, 0.15) is 41.6 Å². The molecule has 0 spiro atoms. The van der Waals surface area contributed by atoms with E-state index in [1.165, 1.54) is 57.8 Å². The molecule has 0 aliphatic carbocycles. The van der Waals surface area contributed by atoms with Crippen LogP contribution in [0.3, 0.4) is 0 Å². The molecule has 0 saturated carbocycles. The first-order chi connectivity index (χ1) is 19.4. The number of anilines is 1. The number of aryl methyl sites for hydroxylation is 1. The predicted octanol–water partition coefficient (Wildman–Crippen LogP) is 6.69. The Morgan fingerprint density at radius 1 is 1.02 bits per heavy atom. The molecule has 10 heteroatoms. The van der Waals surface area contributed by atoms with E-state index in [0.717, 1.165) is 12.0 Å². The molecule has 1 atom stereocenters. The number of thioether (sulfide) groups is 1. The van der Waals surface area contributed by atoms with Crippen molar-refractivity contribution in [1.82, 2.24) is 10.2 Å². The minimum atomic E-state index is -1.01. The SMILES string of the molecule is CCCOc1ccc(/C(O)=C2/C(=O)C(=O)N(c3nnc(SCc4ccc(C)cc4)s3)C2c2ccc(F)cc2)cc1. The molecule has 1 aliphatic rings. The van der Waals surface area contributed by atoms with Crippen LogP contribution >= 0.6 is 23.1 Å². The Hall–Kier alpha value is -4.02. The van der Waals surface area contributed by atoms with Crippen molar-refractivity contribution < 1.29 is 23.8 Å². The highest BCUT2D eigenvalue weighted by Gasteiger charge is 2.48. The van der Waals surface area contributed by atoms with Crippen LogP contribution in [0, 0.1) is 12.7 Å². The van der Waals surface area contributed by atoms with Gasteiger partial charge in [0.25, 0.3) is 5.78 Å². The van der Waals surface area contributed by atoms with E-state index in [1.807, 2.05) is 38.1 Å². The second-order valence-electron chi connectivity index (χ2n) is 9.22. The van der Waals surface area contributed by atoms with E-state index in [-0.39, 0.29) is 16.5 Å². The second-order valence-corrected chi connectivity index (χ2v) is 11.4. The maximum absolute atomic E-state index is 13.8. The zero-order valence-electron chi connectivity index (χ0n) is 21.8. The molecule has 1 fully saturated rings. The van der Waals surface area contributed by atoms with Crippen molar-refractivity contribution in [3.63, 3.8) is 0 Å². The second kappa shape index (κ2) is 12.0. The molecule has 1 unspecified atom stereocenters. The number of Topliss-reactive ketones (excluding diaryl/α,β-unsaturated/α-hetero) is 1. The zero-order chi connectivity index (χ0) is 28.2. The van der Waals surface area contributed by atoms with E-state index >= 15 is 0 Å². The van der Waals surface area contributed by atoms with Crippen LogP contribution in [0.5, 0.6) is 5.75 Å². The lowest BCUT2D eigenvalue weighted by molar-refractivity contribution is -0.132. The molecule has 0 radical (unpaired) electrons. The summed E-state index contributed by atoms with van der Waals surface area (Å²) in [7, 11) is 0. The molecule has 204 valence electrons. The number of carbonyl (C=O) groups excluding carboxylic acids is 2. The number of rotatable bonds is 9. The molecule has 4 aromatic rings. The van der Waals surface area contributed by atoms with Gasteiger partial charge >= 0.3 is 5.91 Å². The fourth-order valence-electron chi connectivity index (χ4n) is 4.26. The van der Waals surface area contributed by atoms with Gasteiger partial charge in [0.15, 0.2) is 4.34 Å². The molecule has 2 heterocycles. The van der Waals surface area contributed by atoms with Gasteiger partial charge in [-0.1, -0.05) is 72.0 Å². The highest BCUT2D eigenvalue weighted by atomic mass is 32.2. The van der Waals surface area contributed by atoms with Crippen molar-refractivity contribution in [2.24, 2.45) is 0 Å². The largest absolute Gasteiger partial charge is 0.507 e. The van der Waals surface area contributed by atoms with Gasteiger partial charge in [0, 0.05) is 11.3 Å². The first-order valence-corrected chi connectivity index (χ1v) is 14.5. The number of hydrogen-bond donors (Lipinski definition) is 1. The van der Waals surface area contributed by atoms with Crippen molar-refractivity contribution in [3.05, 3.63) is 106 Å². The predicted molar refractivity (Wildman–Crippen MR) is 154 cm³/mol. The van der Waals surface area contributed by atoms with Gasteiger partial charge in [-0.15, -0.1) is 10.2 Å². The van der Waals surface area contributed by atoms with Gasteiger partial charge in [0.1, 0.15) is 17.3 Å². The third kappa shape index (κ3) is 5.78. The normalized spacial score (nSPS) is 16.5. The van der Waals surface area contributed by atoms with Gasteiger partial charge in [0.2, 0.25) is 5.13 Å². The average molecular weight is 576 g/mol. The highest BCUT2D eigenvalue weighted by Crippen LogP contribution is 2.44. The third-order valence-corrected chi connectivity index (χ3v) is 8.44. The first-order valence-electron chi connectivity index (χ1n) is 12.7. The standard InChI is InChI=1S/C30H26FN3O4S2/c1-3-16-38-23-14-10-21(11-15-23)26(35)24-25(20-8-12-22(31)13-9-20)34(28(37)27(24)36)29-32-33-30(40-29)39-17-19-6-4-18(2)5-7-19/h4-15,25,35H,3,16-17H2,1-2H3/b26-24-. The molecular formula is C30H26FN3O4S2. The van der Waals surface area contributed by atoms with E-state index in [9.17, 15) is 19.1 Å². The Kier molecular flexibility index (Phi) is 8.27. The lowest BCUT2D eigenvalue weighted by Crippen LogP contribution is -2.29. The van der Waals surface area contributed by atoms with Gasteiger partial charge < -0.3 is 9.84 Å². The zero-order valence-corrected chi connectivity index (χ0v) is 23.5. The van der Waals surface area contributed by atoms with Crippen LogP contribution in [-0.2, 0) is 15.3 Å².